The van der Waals surface area contributed by atoms with Crippen LogP contribution in [0.4, 0.5) is 0 Å². The highest BCUT2D eigenvalue weighted by Crippen LogP contribution is 2.30. The maximum absolute atomic E-state index is 6.02. The molecule has 5 heteroatoms. The van der Waals surface area contributed by atoms with E-state index in [1.54, 1.807) is 11.3 Å². The van der Waals surface area contributed by atoms with Gasteiger partial charge in [0.25, 0.3) is 0 Å². The van der Waals surface area contributed by atoms with Gasteiger partial charge >= 0.3 is 0 Å². The van der Waals surface area contributed by atoms with E-state index in [9.17, 15) is 0 Å². The van der Waals surface area contributed by atoms with Gasteiger partial charge in [-0.3, -0.25) is 0 Å². The average Bonchev–Trinajstić information content (AvgIpc) is 2.68. The molecular weight excluding hydrogens is 356 g/mol. The fourth-order valence-electron chi connectivity index (χ4n) is 2.12. The van der Waals surface area contributed by atoms with Gasteiger partial charge in [0, 0.05) is 26.8 Å². The molecule has 20 heavy (non-hydrogen) atoms. The van der Waals surface area contributed by atoms with Crippen molar-refractivity contribution >= 4 is 38.9 Å². The van der Waals surface area contributed by atoms with Gasteiger partial charge in [0.05, 0.1) is 10.7 Å². The first-order chi connectivity index (χ1) is 9.51. The molecule has 1 N–H and O–H groups in total. The number of halogens is 2. The number of thiazole rings is 1. The number of hydrogen-bond donors (Lipinski definition) is 1. The van der Waals surface area contributed by atoms with Gasteiger partial charge in [0.1, 0.15) is 0 Å². The molecule has 0 radical (unpaired) electrons. The van der Waals surface area contributed by atoms with Gasteiger partial charge in [-0.15, -0.1) is 11.3 Å². The van der Waals surface area contributed by atoms with Crippen LogP contribution < -0.4 is 5.32 Å². The molecule has 0 aliphatic heterocycles. The lowest BCUT2D eigenvalue weighted by atomic mass is 10.0. The third-order valence-electron chi connectivity index (χ3n) is 3.24. The molecule has 108 valence electrons. The zero-order valence-electron chi connectivity index (χ0n) is 11.8. The first-order valence-electron chi connectivity index (χ1n) is 6.62. The highest BCUT2D eigenvalue weighted by molar-refractivity contribution is 9.10. The molecule has 2 aromatic rings. The summed E-state index contributed by atoms with van der Waals surface area (Å²) in [6.07, 6.45) is 0.896. The summed E-state index contributed by atoms with van der Waals surface area (Å²) in [6.45, 7) is 7.23. The molecule has 0 saturated heterocycles. The van der Waals surface area contributed by atoms with Crippen LogP contribution in [0.3, 0.4) is 0 Å². The van der Waals surface area contributed by atoms with Gasteiger partial charge in [-0.05, 0) is 38.1 Å². The van der Waals surface area contributed by atoms with E-state index in [-0.39, 0.29) is 6.04 Å². The quantitative estimate of drug-likeness (QED) is 0.791. The van der Waals surface area contributed by atoms with E-state index >= 15 is 0 Å². The second-order valence-electron chi connectivity index (χ2n) is 4.73. The summed E-state index contributed by atoms with van der Waals surface area (Å²) >= 11 is 11.4. The van der Waals surface area contributed by atoms with E-state index < -0.39 is 0 Å². The molecule has 1 aromatic carbocycles. The highest BCUT2D eigenvalue weighted by Gasteiger charge is 2.17. The molecule has 0 bridgehead atoms. The van der Waals surface area contributed by atoms with E-state index in [1.807, 2.05) is 12.1 Å². The van der Waals surface area contributed by atoms with Crippen LogP contribution in [-0.4, -0.2) is 11.5 Å². The van der Waals surface area contributed by atoms with Crippen molar-refractivity contribution in [2.24, 2.45) is 0 Å². The summed E-state index contributed by atoms with van der Waals surface area (Å²) < 4.78 is 1.04. The summed E-state index contributed by atoms with van der Waals surface area (Å²) in [5, 5.41) is 5.45. The number of likely N-dealkylation sites (N-methyl/N-ethyl adjacent to an activating group) is 1. The number of benzene rings is 1. The Balaban J connectivity index is 2.26. The first kappa shape index (κ1) is 16.0. The summed E-state index contributed by atoms with van der Waals surface area (Å²) in [6, 6.07) is 6.20. The minimum absolute atomic E-state index is 0.247. The number of rotatable bonds is 5. The fraction of sp³-hybridized carbons (Fsp3) is 0.400. The Kier molecular flexibility index (Phi) is 5.61. The van der Waals surface area contributed by atoms with Gasteiger partial charge in [-0.25, -0.2) is 4.98 Å². The topological polar surface area (TPSA) is 24.9 Å². The van der Waals surface area contributed by atoms with E-state index in [1.165, 1.54) is 15.4 Å². The predicted molar refractivity (Wildman–Crippen MR) is 90.9 cm³/mol. The van der Waals surface area contributed by atoms with E-state index in [0.717, 1.165) is 28.2 Å². The van der Waals surface area contributed by atoms with Crippen molar-refractivity contribution in [2.75, 3.05) is 6.54 Å². The summed E-state index contributed by atoms with van der Waals surface area (Å²) in [5.74, 6) is 0. The molecule has 0 aliphatic carbocycles. The van der Waals surface area contributed by atoms with Gasteiger partial charge in [-0.1, -0.05) is 40.5 Å². The lowest BCUT2D eigenvalue weighted by molar-refractivity contribution is 0.546. The Bertz CT molecular complexity index is 578. The van der Waals surface area contributed by atoms with E-state index in [2.05, 4.69) is 53.1 Å². The van der Waals surface area contributed by atoms with Crippen LogP contribution in [0.2, 0.25) is 5.02 Å². The number of nitrogens with one attached hydrogen (secondary N) is 1. The second kappa shape index (κ2) is 7.03. The van der Waals surface area contributed by atoms with Crippen molar-refractivity contribution in [2.45, 2.75) is 33.2 Å². The van der Waals surface area contributed by atoms with Crippen molar-refractivity contribution in [3.8, 4) is 0 Å². The van der Waals surface area contributed by atoms with Gasteiger partial charge in [-0.2, -0.15) is 0 Å². The second-order valence-corrected chi connectivity index (χ2v) is 7.31. The fourth-order valence-corrected chi connectivity index (χ4v) is 4.06. The number of hydrogen-bond acceptors (Lipinski definition) is 3. The zero-order valence-corrected chi connectivity index (χ0v) is 15.0. The van der Waals surface area contributed by atoms with E-state index in [0.29, 0.717) is 0 Å². The van der Waals surface area contributed by atoms with Crippen molar-refractivity contribution < 1.29 is 0 Å². The Morgan fingerprint density at radius 1 is 1.40 bits per heavy atom. The molecule has 1 atom stereocenters. The Labute approximate surface area is 137 Å². The van der Waals surface area contributed by atoms with E-state index in [4.69, 9.17) is 11.6 Å². The molecule has 0 aliphatic rings. The Morgan fingerprint density at radius 3 is 2.70 bits per heavy atom. The van der Waals surface area contributed by atoms with Gasteiger partial charge < -0.3 is 5.32 Å². The standard InChI is InChI=1S/C15H18BrClN2S/c1-4-18-14(8-15-19-9(2)10(3)20-15)12-6-5-11(17)7-13(12)16/h5-7,14,18H,4,8H2,1-3H3. The molecule has 2 rings (SSSR count). The molecule has 1 unspecified atom stereocenters. The minimum Gasteiger partial charge on any atom is -0.310 e. The predicted octanol–water partition coefficient (Wildman–Crippen LogP) is 5.07. The van der Waals surface area contributed by atoms with Crippen LogP contribution in [0.15, 0.2) is 22.7 Å². The maximum Gasteiger partial charge on any atom is 0.0949 e. The van der Waals surface area contributed by atoms with Crippen LogP contribution in [0.25, 0.3) is 0 Å². The molecular formula is C15H18BrClN2S. The lowest BCUT2D eigenvalue weighted by Crippen LogP contribution is -2.23. The van der Waals surface area contributed by atoms with Crippen LogP contribution >= 0.6 is 38.9 Å². The molecule has 0 amide bonds. The summed E-state index contributed by atoms with van der Waals surface area (Å²) in [7, 11) is 0. The summed E-state index contributed by atoms with van der Waals surface area (Å²) in [5.41, 5.74) is 2.36. The normalized spacial score (nSPS) is 12.7. The van der Waals surface area contributed by atoms with Crippen molar-refractivity contribution in [3.63, 3.8) is 0 Å². The minimum atomic E-state index is 0.247. The third kappa shape index (κ3) is 3.82. The smallest absolute Gasteiger partial charge is 0.0949 e. The van der Waals surface area contributed by atoms with Crippen LogP contribution in [0, 0.1) is 13.8 Å². The number of aromatic nitrogens is 1. The Hall–Kier alpha value is -0.420. The zero-order chi connectivity index (χ0) is 14.7. The summed E-state index contributed by atoms with van der Waals surface area (Å²) in [4.78, 5) is 5.94. The van der Waals surface area contributed by atoms with Crippen LogP contribution in [0.1, 0.15) is 34.1 Å². The van der Waals surface area contributed by atoms with Crippen molar-refractivity contribution in [3.05, 3.63) is 48.8 Å². The van der Waals surface area contributed by atoms with Crippen LogP contribution in [0.5, 0.6) is 0 Å². The molecule has 0 spiro atoms. The van der Waals surface area contributed by atoms with Crippen LogP contribution in [-0.2, 0) is 6.42 Å². The van der Waals surface area contributed by atoms with Gasteiger partial charge in [0.15, 0.2) is 0 Å². The molecule has 1 heterocycles. The Morgan fingerprint density at radius 2 is 2.15 bits per heavy atom. The monoisotopic (exact) mass is 372 g/mol. The number of nitrogens with zero attached hydrogens (tertiary/aromatic N) is 1. The lowest BCUT2D eigenvalue weighted by Gasteiger charge is -2.19. The third-order valence-corrected chi connectivity index (χ3v) is 5.26. The van der Waals surface area contributed by atoms with Crippen molar-refractivity contribution in [1.29, 1.82) is 0 Å². The first-order valence-corrected chi connectivity index (χ1v) is 8.61. The van der Waals surface area contributed by atoms with Crippen molar-refractivity contribution in [1.82, 2.24) is 10.3 Å². The largest absolute Gasteiger partial charge is 0.310 e. The SMILES string of the molecule is CCNC(Cc1nc(C)c(C)s1)c1ccc(Cl)cc1Br. The molecule has 2 nitrogen and oxygen atoms in total. The maximum atomic E-state index is 6.02. The highest BCUT2D eigenvalue weighted by atomic mass is 79.9. The molecule has 0 saturated carbocycles. The molecule has 1 aromatic heterocycles. The number of aryl methyl sites for hydroxylation is 2. The molecule has 0 fully saturated rings. The average molecular weight is 374 g/mol. The van der Waals surface area contributed by atoms with Gasteiger partial charge in [0.2, 0.25) is 0 Å².